The number of hydrogen-bond acceptors (Lipinski definition) is 3. The molecule has 144 valence electrons. The number of halogens is 4. The molecule has 1 aliphatic heterocycles. The zero-order valence-corrected chi connectivity index (χ0v) is 16.9. The van der Waals surface area contributed by atoms with Gasteiger partial charge < -0.3 is 4.90 Å². The van der Waals surface area contributed by atoms with Gasteiger partial charge in [0.1, 0.15) is 0 Å². The molecule has 0 saturated heterocycles. The van der Waals surface area contributed by atoms with Gasteiger partial charge in [0.2, 0.25) is 0 Å². The molecule has 0 fully saturated rings. The van der Waals surface area contributed by atoms with Gasteiger partial charge in [0.05, 0.1) is 10.4 Å². The molecule has 0 atom stereocenters. The van der Waals surface area contributed by atoms with Crippen molar-refractivity contribution in [1.29, 1.82) is 0 Å². The summed E-state index contributed by atoms with van der Waals surface area (Å²) in [5, 5.41) is 0.659. The Hall–Kier alpha value is -1.96. The van der Waals surface area contributed by atoms with Crippen molar-refractivity contribution in [3.8, 4) is 10.4 Å². The second-order valence-corrected chi connectivity index (χ2v) is 8.81. The standard InChI is InChI=1S/C20H13ClF3NOS2/c1-25(14-4-2-3-12(8-14)20(22,23)24)19(26)17-7-11-10-27-16-9-13(21)5-6-15(16)18(11)28-17/h2-9H,10H2,1H3. The van der Waals surface area contributed by atoms with Crippen molar-refractivity contribution in [2.75, 3.05) is 11.9 Å². The first-order valence-electron chi connectivity index (χ1n) is 8.25. The van der Waals surface area contributed by atoms with E-state index >= 15 is 0 Å². The third-order valence-electron chi connectivity index (χ3n) is 4.46. The number of benzene rings is 2. The predicted molar refractivity (Wildman–Crippen MR) is 109 cm³/mol. The van der Waals surface area contributed by atoms with Gasteiger partial charge in [-0.15, -0.1) is 23.1 Å². The Kier molecular flexibility index (Phi) is 4.93. The quantitative estimate of drug-likeness (QED) is 0.429. The zero-order valence-electron chi connectivity index (χ0n) is 14.5. The molecule has 1 aromatic heterocycles. The highest BCUT2D eigenvalue weighted by molar-refractivity contribution is 7.98. The van der Waals surface area contributed by atoms with Crippen LogP contribution in [0.5, 0.6) is 0 Å². The number of anilines is 1. The summed E-state index contributed by atoms with van der Waals surface area (Å²) in [6.45, 7) is 0. The van der Waals surface area contributed by atoms with E-state index in [1.54, 1.807) is 11.8 Å². The molecule has 8 heteroatoms. The Balaban J connectivity index is 1.66. The highest BCUT2D eigenvalue weighted by Crippen LogP contribution is 2.46. The fraction of sp³-hybridized carbons (Fsp3) is 0.150. The van der Waals surface area contributed by atoms with Crippen LogP contribution in [0.25, 0.3) is 10.4 Å². The Labute approximate surface area is 172 Å². The van der Waals surface area contributed by atoms with Crippen LogP contribution >= 0.6 is 34.7 Å². The van der Waals surface area contributed by atoms with E-state index in [0.29, 0.717) is 9.90 Å². The largest absolute Gasteiger partial charge is 0.416 e. The maximum atomic E-state index is 13.0. The van der Waals surface area contributed by atoms with Crippen molar-refractivity contribution in [3.05, 3.63) is 69.6 Å². The number of nitrogens with zero attached hydrogens (tertiary/aromatic N) is 1. The van der Waals surface area contributed by atoms with E-state index in [1.165, 1.54) is 35.4 Å². The zero-order chi connectivity index (χ0) is 20.1. The third kappa shape index (κ3) is 3.54. The van der Waals surface area contributed by atoms with Crippen LogP contribution in [-0.2, 0) is 11.9 Å². The van der Waals surface area contributed by atoms with Crippen molar-refractivity contribution < 1.29 is 18.0 Å². The van der Waals surface area contributed by atoms with Gasteiger partial charge in [0, 0.05) is 38.8 Å². The molecular formula is C20H13ClF3NOS2. The minimum absolute atomic E-state index is 0.202. The van der Waals surface area contributed by atoms with E-state index in [1.807, 2.05) is 24.3 Å². The number of amides is 1. The van der Waals surface area contributed by atoms with Crippen LogP contribution in [0, 0.1) is 0 Å². The number of alkyl halides is 3. The van der Waals surface area contributed by atoms with Crippen molar-refractivity contribution in [2.45, 2.75) is 16.8 Å². The average Bonchev–Trinajstić information content (AvgIpc) is 3.10. The number of carbonyl (C=O) groups is 1. The molecule has 2 aromatic carbocycles. The molecule has 4 rings (SSSR count). The molecule has 1 amide bonds. The van der Waals surface area contributed by atoms with Gasteiger partial charge in [0.25, 0.3) is 5.91 Å². The van der Waals surface area contributed by atoms with Crippen LogP contribution in [0.15, 0.2) is 53.4 Å². The number of carbonyl (C=O) groups excluding carboxylic acids is 1. The van der Waals surface area contributed by atoms with E-state index in [0.717, 1.165) is 38.8 Å². The minimum atomic E-state index is -4.45. The fourth-order valence-electron chi connectivity index (χ4n) is 3.00. The molecule has 0 saturated carbocycles. The SMILES string of the molecule is CN(C(=O)c1cc2c(s1)-c1ccc(Cl)cc1SC2)c1cccc(C(F)(F)F)c1. The van der Waals surface area contributed by atoms with Gasteiger partial charge in [-0.3, -0.25) is 4.79 Å². The van der Waals surface area contributed by atoms with Gasteiger partial charge in [-0.1, -0.05) is 23.7 Å². The minimum Gasteiger partial charge on any atom is -0.311 e. The lowest BCUT2D eigenvalue weighted by atomic mass is 10.1. The van der Waals surface area contributed by atoms with E-state index < -0.39 is 11.7 Å². The number of fused-ring (bicyclic) bond motifs is 3. The molecule has 0 aliphatic carbocycles. The van der Waals surface area contributed by atoms with Crippen molar-refractivity contribution in [2.24, 2.45) is 0 Å². The van der Waals surface area contributed by atoms with E-state index in [9.17, 15) is 18.0 Å². The summed E-state index contributed by atoms with van der Waals surface area (Å²) < 4.78 is 38.9. The van der Waals surface area contributed by atoms with Crippen LogP contribution < -0.4 is 4.90 Å². The molecule has 0 bridgehead atoms. The topological polar surface area (TPSA) is 20.3 Å². The normalized spacial score (nSPS) is 13.0. The van der Waals surface area contributed by atoms with Crippen LogP contribution in [0.2, 0.25) is 5.02 Å². The molecule has 0 radical (unpaired) electrons. The third-order valence-corrected chi connectivity index (χ3v) is 6.99. The van der Waals surface area contributed by atoms with Crippen LogP contribution in [-0.4, -0.2) is 13.0 Å². The van der Waals surface area contributed by atoms with Gasteiger partial charge in [-0.2, -0.15) is 13.2 Å². The van der Waals surface area contributed by atoms with E-state index in [2.05, 4.69) is 0 Å². The molecule has 2 heterocycles. The van der Waals surface area contributed by atoms with Gasteiger partial charge in [-0.25, -0.2) is 0 Å². The molecule has 0 spiro atoms. The van der Waals surface area contributed by atoms with E-state index in [-0.39, 0.29) is 11.6 Å². The summed E-state index contributed by atoms with van der Waals surface area (Å²) in [4.78, 5) is 16.7. The van der Waals surface area contributed by atoms with Crippen LogP contribution in [0.4, 0.5) is 18.9 Å². The maximum absolute atomic E-state index is 13.0. The van der Waals surface area contributed by atoms with Crippen molar-refractivity contribution >= 4 is 46.3 Å². The van der Waals surface area contributed by atoms with Gasteiger partial charge in [0.15, 0.2) is 0 Å². The lowest BCUT2D eigenvalue weighted by molar-refractivity contribution is -0.137. The molecule has 0 N–H and O–H groups in total. The summed E-state index contributed by atoms with van der Waals surface area (Å²) in [5.41, 5.74) is 1.50. The molecular weight excluding hydrogens is 427 g/mol. The fourth-order valence-corrected chi connectivity index (χ4v) is 5.66. The molecule has 2 nitrogen and oxygen atoms in total. The highest BCUT2D eigenvalue weighted by Gasteiger charge is 2.31. The molecule has 28 heavy (non-hydrogen) atoms. The first-order chi connectivity index (χ1) is 13.2. The van der Waals surface area contributed by atoms with Crippen molar-refractivity contribution in [3.63, 3.8) is 0 Å². The number of thioether (sulfide) groups is 1. The lowest BCUT2D eigenvalue weighted by Crippen LogP contribution is -2.25. The van der Waals surface area contributed by atoms with Gasteiger partial charge >= 0.3 is 6.18 Å². The predicted octanol–water partition coefficient (Wildman–Crippen LogP) is 6.97. The molecule has 3 aromatic rings. The molecule has 0 unspecified atom stereocenters. The highest BCUT2D eigenvalue weighted by atomic mass is 35.5. The number of rotatable bonds is 2. The molecule has 1 aliphatic rings. The Bertz CT molecular complexity index is 1080. The first kappa shape index (κ1) is 19.4. The maximum Gasteiger partial charge on any atom is 0.416 e. The van der Waals surface area contributed by atoms with E-state index in [4.69, 9.17) is 11.6 Å². The summed E-state index contributed by atoms with van der Waals surface area (Å²) in [6.07, 6.45) is -4.45. The van der Waals surface area contributed by atoms with Gasteiger partial charge in [-0.05, 0) is 42.0 Å². The Morgan fingerprint density at radius 3 is 2.68 bits per heavy atom. The first-order valence-corrected chi connectivity index (χ1v) is 10.4. The number of hydrogen-bond donors (Lipinski definition) is 0. The summed E-state index contributed by atoms with van der Waals surface area (Å²) >= 11 is 9.07. The second-order valence-electron chi connectivity index (χ2n) is 6.31. The lowest BCUT2D eigenvalue weighted by Gasteiger charge is -2.18. The van der Waals surface area contributed by atoms with Crippen LogP contribution in [0.3, 0.4) is 0 Å². The van der Waals surface area contributed by atoms with Crippen LogP contribution in [0.1, 0.15) is 20.8 Å². The average molecular weight is 440 g/mol. The summed E-state index contributed by atoms with van der Waals surface area (Å²) in [5.74, 6) is 0.388. The van der Waals surface area contributed by atoms with Crippen molar-refractivity contribution in [1.82, 2.24) is 0 Å². The smallest absolute Gasteiger partial charge is 0.311 e. The summed E-state index contributed by atoms with van der Waals surface area (Å²) in [6, 6.07) is 12.3. The Morgan fingerprint density at radius 2 is 1.93 bits per heavy atom. The monoisotopic (exact) mass is 439 g/mol. The summed E-state index contributed by atoms with van der Waals surface area (Å²) in [7, 11) is 1.49. The Morgan fingerprint density at radius 1 is 1.14 bits per heavy atom. The number of thiophene rings is 1. The second kappa shape index (κ2) is 7.13.